The number of pyridine rings is 2. The van der Waals surface area contributed by atoms with E-state index in [2.05, 4.69) is 24.8 Å². The number of anilines is 1. The first-order chi connectivity index (χ1) is 20.0. The van der Waals surface area contributed by atoms with Gasteiger partial charge in [0, 0.05) is 51.4 Å². The summed E-state index contributed by atoms with van der Waals surface area (Å²) in [7, 11) is 0. The molecule has 0 atom stereocenters. The van der Waals surface area contributed by atoms with Crippen molar-refractivity contribution in [3.05, 3.63) is 108 Å². The molecule has 0 amide bonds. The van der Waals surface area contributed by atoms with Gasteiger partial charge in [0.1, 0.15) is 17.2 Å². The first-order valence-electron chi connectivity index (χ1n) is 12.1. The molecule has 0 fully saturated rings. The number of rotatable bonds is 9. The van der Waals surface area contributed by atoms with Crippen LogP contribution in [0.3, 0.4) is 0 Å². The molecule has 0 aliphatic heterocycles. The van der Waals surface area contributed by atoms with Crippen molar-refractivity contribution < 1.29 is 9.59 Å². The Morgan fingerprint density at radius 1 is 1.10 bits per heavy atom. The van der Waals surface area contributed by atoms with Crippen LogP contribution in [-0.4, -0.2) is 40.4 Å². The number of carbonyl (C=O) groups excluding carboxylic acids is 2. The van der Waals surface area contributed by atoms with Crippen LogP contribution in [0.4, 0.5) is 5.82 Å². The Kier molecular flexibility index (Phi) is 7.65. The Labute approximate surface area is 249 Å². The van der Waals surface area contributed by atoms with Crippen LogP contribution in [0.15, 0.2) is 82.1 Å². The van der Waals surface area contributed by atoms with Gasteiger partial charge in [-0.3, -0.25) is 19.4 Å². The number of aromatic nitrogens is 6. The second-order valence-electron chi connectivity index (χ2n) is 8.65. The van der Waals surface area contributed by atoms with Crippen molar-refractivity contribution in [3.8, 4) is 22.4 Å². The molecule has 0 aromatic carbocycles. The van der Waals surface area contributed by atoms with Crippen LogP contribution in [0.1, 0.15) is 25.9 Å². The average molecular weight is 620 g/mol. The Hall–Kier alpha value is -4.30. The monoisotopic (exact) mass is 619 g/mol. The molecular formula is C27H18ClN7O3S3. The second kappa shape index (κ2) is 11.7. The Morgan fingerprint density at radius 2 is 2.00 bits per heavy atom. The van der Waals surface area contributed by atoms with Crippen molar-refractivity contribution in [2.75, 3.05) is 5.32 Å². The molecule has 0 saturated heterocycles. The predicted octanol–water partition coefficient (Wildman–Crippen LogP) is 5.59. The molecule has 6 aromatic heterocycles. The number of thiazole rings is 1. The van der Waals surface area contributed by atoms with E-state index in [1.807, 2.05) is 6.07 Å². The van der Waals surface area contributed by atoms with Gasteiger partial charge in [-0.2, -0.15) is 14.2 Å². The third-order valence-corrected chi connectivity index (χ3v) is 8.43. The van der Waals surface area contributed by atoms with Gasteiger partial charge in [0.05, 0.1) is 34.2 Å². The number of hydrogen-bond acceptors (Lipinski definition) is 11. The van der Waals surface area contributed by atoms with Crippen LogP contribution in [0.2, 0.25) is 4.34 Å². The van der Waals surface area contributed by atoms with E-state index in [0.717, 1.165) is 4.88 Å². The van der Waals surface area contributed by atoms with Crippen molar-refractivity contribution >= 4 is 63.3 Å². The number of thiophene rings is 1. The van der Waals surface area contributed by atoms with Crippen molar-refractivity contribution in [2.24, 2.45) is 0 Å². The van der Waals surface area contributed by atoms with Gasteiger partial charge in [-0.05, 0) is 41.9 Å². The number of nitrogens with zero attached hydrogens (tertiary/aromatic N) is 6. The quantitative estimate of drug-likeness (QED) is 0.208. The highest BCUT2D eigenvalue weighted by Gasteiger charge is 2.23. The lowest BCUT2D eigenvalue weighted by Crippen LogP contribution is -2.26. The van der Waals surface area contributed by atoms with E-state index in [0.29, 0.717) is 44.8 Å². The van der Waals surface area contributed by atoms with Crippen molar-refractivity contribution in [1.29, 1.82) is 0 Å². The molecule has 0 saturated carbocycles. The number of carbonyl (C=O) groups is 2. The molecule has 10 nitrogen and oxygen atoms in total. The summed E-state index contributed by atoms with van der Waals surface area (Å²) in [6.07, 6.45) is 4.73. The normalized spacial score (nSPS) is 11.0. The second-order valence-corrected chi connectivity index (χ2v) is 11.8. The first-order valence-corrected chi connectivity index (χ1v) is 15.0. The van der Waals surface area contributed by atoms with E-state index in [9.17, 15) is 14.4 Å². The summed E-state index contributed by atoms with van der Waals surface area (Å²) in [6, 6.07) is 12.2. The smallest absolute Gasteiger partial charge is 0.299 e. The lowest BCUT2D eigenvalue weighted by Gasteiger charge is -2.11. The zero-order valence-corrected chi connectivity index (χ0v) is 24.1. The topological polar surface area (TPSA) is 125 Å². The summed E-state index contributed by atoms with van der Waals surface area (Å²) in [5.41, 5.74) is 3.43. The summed E-state index contributed by atoms with van der Waals surface area (Å²) in [4.78, 5) is 49.2. The molecule has 0 radical (unpaired) electrons. The summed E-state index contributed by atoms with van der Waals surface area (Å²) >= 11 is 9.99. The standard InChI is InChI=1S/C27H18ClN7O3S3/c28-23-4-3-17(41-23)12-30-24-10-20(32-35(24)26(37)21-14-39-15-31-21)18-5-8-34(13-22(36)19-6-9-40-33-19)27(38)25(18)16-2-1-7-29-11-16/h1-11,14-15,30H,12-13H2. The number of halogens is 1. The van der Waals surface area contributed by atoms with E-state index in [1.54, 1.807) is 71.3 Å². The highest BCUT2D eigenvalue weighted by molar-refractivity contribution is 7.16. The molecule has 204 valence electrons. The van der Waals surface area contributed by atoms with Crippen molar-refractivity contribution in [3.63, 3.8) is 0 Å². The van der Waals surface area contributed by atoms with Gasteiger partial charge in [-0.1, -0.05) is 17.7 Å². The highest BCUT2D eigenvalue weighted by Crippen LogP contribution is 2.31. The molecule has 0 aliphatic rings. The molecule has 6 rings (SSSR count). The maximum Gasteiger partial charge on any atom is 0.299 e. The van der Waals surface area contributed by atoms with E-state index in [1.165, 1.54) is 43.5 Å². The molecule has 6 aromatic rings. The SMILES string of the molecule is O=C(Cn1ccc(-c2cc(NCc3ccc(Cl)s3)n(C(=O)c3cscn3)n2)c(-c2cccnc2)c1=O)c1ccsn1. The average Bonchev–Trinajstić information content (AvgIpc) is 3.80. The fourth-order valence-electron chi connectivity index (χ4n) is 4.14. The molecule has 14 heteroatoms. The third kappa shape index (κ3) is 5.65. The van der Waals surface area contributed by atoms with Gasteiger partial charge in [0.2, 0.25) is 5.78 Å². The Bertz CT molecular complexity index is 1900. The van der Waals surface area contributed by atoms with Crippen LogP contribution in [0.5, 0.6) is 0 Å². The van der Waals surface area contributed by atoms with Crippen LogP contribution in [0.25, 0.3) is 22.4 Å². The maximum atomic E-state index is 13.8. The van der Waals surface area contributed by atoms with Gasteiger partial charge in [-0.25, -0.2) is 4.98 Å². The van der Waals surface area contributed by atoms with E-state index >= 15 is 0 Å². The number of Topliss-reactive ketones (excluding diaryl/α,β-unsaturated/α-hetero) is 1. The largest absolute Gasteiger partial charge is 0.365 e. The van der Waals surface area contributed by atoms with Crippen molar-refractivity contribution in [2.45, 2.75) is 13.1 Å². The zero-order valence-electron chi connectivity index (χ0n) is 20.9. The van der Waals surface area contributed by atoms with E-state index in [4.69, 9.17) is 11.6 Å². The minimum atomic E-state index is -0.422. The summed E-state index contributed by atoms with van der Waals surface area (Å²) in [5.74, 6) is -0.284. The minimum absolute atomic E-state index is 0.178. The Morgan fingerprint density at radius 3 is 2.71 bits per heavy atom. The molecule has 0 bridgehead atoms. The highest BCUT2D eigenvalue weighted by atomic mass is 35.5. The van der Waals surface area contributed by atoms with Gasteiger partial charge in [0.15, 0.2) is 0 Å². The van der Waals surface area contributed by atoms with Crippen molar-refractivity contribution in [1.82, 2.24) is 28.7 Å². The molecule has 0 aliphatic carbocycles. The van der Waals surface area contributed by atoms with Crippen LogP contribution < -0.4 is 10.9 Å². The molecule has 6 heterocycles. The van der Waals surface area contributed by atoms with Crippen LogP contribution in [0, 0.1) is 0 Å². The van der Waals surface area contributed by atoms with Gasteiger partial charge >= 0.3 is 0 Å². The number of ketones is 1. The van der Waals surface area contributed by atoms with E-state index < -0.39 is 11.5 Å². The van der Waals surface area contributed by atoms with Crippen LogP contribution in [-0.2, 0) is 13.1 Å². The molecule has 41 heavy (non-hydrogen) atoms. The lowest BCUT2D eigenvalue weighted by atomic mass is 10.0. The van der Waals surface area contributed by atoms with Crippen LogP contribution >= 0.6 is 45.8 Å². The summed E-state index contributed by atoms with van der Waals surface area (Å²) in [5, 5.41) is 11.2. The number of nitrogens with one attached hydrogen (secondary N) is 1. The minimum Gasteiger partial charge on any atom is -0.365 e. The fraction of sp³-hybridized carbons (Fsp3) is 0.0741. The van der Waals surface area contributed by atoms with E-state index in [-0.39, 0.29) is 18.0 Å². The molecular weight excluding hydrogens is 602 g/mol. The summed E-state index contributed by atoms with van der Waals surface area (Å²) in [6.45, 7) is 0.228. The van der Waals surface area contributed by atoms with Gasteiger partial charge < -0.3 is 9.88 Å². The predicted molar refractivity (Wildman–Crippen MR) is 160 cm³/mol. The third-order valence-electron chi connectivity index (χ3n) is 6.05. The zero-order chi connectivity index (χ0) is 28.3. The Balaban J connectivity index is 1.44. The molecule has 1 N–H and O–H groups in total. The van der Waals surface area contributed by atoms with Gasteiger partial charge in [0.25, 0.3) is 11.5 Å². The lowest BCUT2D eigenvalue weighted by molar-refractivity contribution is 0.0941. The molecule has 0 unspecified atom stereocenters. The van der Waals surface area contributed by atoms with Gasteiger partial charge in [-0.15, -0.1) is 22.7 Å². The summed E-state index contributed by atoms with van der Waals surface area (Å²) < 4.78 is 7.32. The maximum absolute atomic E-state index is 13.8. The molecule has 0 spiro atoms. The number of hydrogen-bond donors (Lipinski definition) is 1. The first kappa shape index (κ1) is 26.9. The fourth-order valence-corrected chi connectivity index (χ4v) is 6.22.